The van der Waals surface area contributed by atoms with Gasteiger partial charge in [0.2, 0.25) is 0 Å². The first-order valence-corrected chi connectivity index (χ1v) is 6.75. The first kappa shape index (κ1) is 12.6. The molecule has 4 heteroatoms. The molecule has 1 aliphatic rings. The van der Waals surface area contributed by atoms with Gasteiger partial charge in [0.15, 0.2) is 0 Å². The molecule has 0 saturated carbocycles. The molecule has 1 N–H and O–H groups in total. The average Bonchev–Trinajstić information content (AvgIpc) is 3.00. The van der Waals surface area contributed by atoms with Crippen LogP contribution in [-0.4, -0.2) is 40.4 Å². The van der Waals surface area contributed by atoms with Crippen molar-refractivity contribution in [2.75, 3.05) is 19.6 Å². The van der Waals surface area contributed by atoms with Crippen molar-refractivity contribution in [1.82, 2.24) is 20.0 Å². The molecular weight excluding hydrogens is 212 g/mol. The van der Waals surface area contributed by atoms with Gasteiger partial charge in [-0.25, -0.2) is 0 Å². The van der Waals surface area contributed by atoms with Crippen LogP contribution in [0, 0.1) is 0 Å². The number of nitrogens with one attached hydrogen (secondary N) is 1. The molecule has 0 spiro atoms. The third kappa shape index (κ3) is 2.69. The van der Waals surface area contributed by atoms with Gasteiger partial charge >= 0.3 is 0 Å². The molecule has 17 heavy (non-hydrogen) atoms. The van der Waals surface area contributed by atoms with E-state index in [0.717, 1.165) is 26.2 Å². The van der Waals surface area contributed by atoms with Crippen molar-refractivity contribution in [3.63, 3.8) is 0 Å². The summed E-state index contributed by atoms with van der Waals surface area (Å²) in [7, 11) is 0. The number of likely N-dealkylation sites (N-methyl/N-ethyl adjacent to an activating group) is 1. The fourth-order valence-corrected chi connectivity index (χ4v) is 2.73. The fourth-order valence-electron chi connectivity index (χ4n) is 2.73. The fraction of sp³-hybridized carbons (Fsp3) is 0.769. The molecule has 2 heterocycles. The third-order valence-electron chi connectivity index (χ3n) is 3.83. The van der Waals surface area contributed by atoms with Crippen LogP contribution in [0.15, 0.2) is 12.4 Å². The molecule has 2 rings (SSSR count). The maximum Gasteiger partial charge on any atom is 0.0537 e. The quantitative estimate of drug-likeness (QED) is 0.844. The van der Waals surface area contributed by atoms with Crippen LogP contribution in [0.3, 0.4) is 0 Å². The van der Waals surface area contributed by atoms with Crippen molar-refractivity contribution < 1.29 is 0 Å². The van der Waals surface area contributed by atoms with Gasteiger partial charge in [-0.15, -0.1) is 0 Å². The van der Waals surface area contributed by atoms with E-state index in [-0.39, 0.29) is 0 Å². The number of aryl methyl sites for hydroxylation is 1. The maximum atomic E-state index is 4.37. The Morgan fingerprint density at radius 2 is 2.41 bits per heavy atom. The summed E-state index contributed by atoms with van der Waals surface area (Å²) in [4.78, 5) is 2.58. The summed E-state index contributed by atoms with van der Waals surface area (Å²) >= 11 is 0. The van der Waals surface area contributed by atoms with E-state index in [1.165, 1.54) is 12.0 Å². The highest BCUT2D eigenvalue weighted by molar-refractivity contribution is 5.10. The van der Waals surface area contributed by atoms with Crippen molar-refractivity contribution >= 4 is 0 Å². The lowest BCUT2D eigenvalue weighted by Gasteiger charge is -2.32. The number of hydrogen-bond donors (Lipinski definition) is 1. The summed E-state index contributed by atoms with van der Waals surface area (Å²) < 4.78 is 2.01. The monoisotopic (exact) mass is 236 g/mol. The molecule has 96 valence electrons. The Balaban J connectivity index is 2.07. The molecule has 2 unspecified atom stereocenters. The zero-order valence-corrected chi connectivity index (χ0v) is 11.2. The smallest absolute Gasteiger partial charge is 0.0537 e. The number of aromatic nitrogens is 2. The van der Waals surface area contributed by atoms with Crippen LogP contribution in [0.2, 0.25) is 0 Å². The molecule has 1 aromatic rings. The van der Waals surface area contributed by atoms with Gasteiger partial charge in [-0.3, -0.25) is 9.58 Å². The van der Waals surface area contributed by atoms with E-state index in [9.17, 15) is 0 Å². The van der Waals surface area contributed by atoms with Gasteiger partial charge in [-0.1, -0.05) is 6.92 Å². The topological polar surface area (TPSA) is 33.1 Å². The molecular formula is C13H24N4. The molecule has 2 atom stereocenters. The summed E-state index contributed by atoms with van der Waals surface area (Å²) in [5, 5.41) is 7.82. The highest BCUT2D eigenvalue weighted by atomic mass is 15.3. The minimum atomic E-state index is 0.463. The third-order valence-corrected chi connectivity index (χ3v) is 3.83. The molecule has 1 aromatic heterocycles. The molecule has 0 bridgehead atoms. The largest absolute Gasteiger partial charge is 0.315 e. The van der Waals surface area contributed by atoms with Gasteiger partial charge in [0, 0.05) is 36.9 Å². The molecule has 0 aromatic carbocycles. The lowest BCUT2D eigenvalue weighted by molar-refractivity contribution is 0.162. The standard InChI is InChI=1S/C13H24N4/c1-4-16-10-12(8-15-16)11(3)17(5-2)13-6-7-14-9-13/h8,10-11,13-14H,4-7,9H2,1-3H3. The number of hydrogen-bond acceptors (Lipinski definition) is 3. The average molecular weight is 236 g/mol. The SMILES string of the molecule is CCN(C1CCNC1)C(C)c1cnn(CC)c1. The van der Waals surface area contributed by atoms with E-state index in [0.29, 0.717) is 12.1 Å². The molecule has 0 aliphatic carbocycles. The summed E-state index contributed by atoms with van der Waals surface area (Å²) in [5.41, 5.74) is 1.33. The van der Waals surface area contributed by atoms with E-state index in [1.54, 1.807) is 0 Å². The Kier molecular flexibility index (Phi) is 4.18. The zero-order valence-electron chi connectivity index (χ0n) is 11.2. The van der Waals surface area contributed by atoms with Crippen molar-refractivity contribution in [3.05, 3.63) is 18.0 Å². The van der Waals surface area contributed by atoms with Gasteiger partial charge in [0.1, 0.15) is 0 Å². The van der Waals surface area contributed by atoms with E-state index in [4.69, 9.17) is 0 Å². The van der Waals surface area contributed by atoms with Crippen molar-refractivity contribution in [1.29, 1.82) is 0 Å². The van der Waals surface area contributed by atoms with Crippen molar-refractivity contribution in [2.45, 2.75) is 45.8 Å². The van der Waals surface area contributed by atoms with Crippen LogP contribution in [0.25, 0.3) is 0 Å². The van der Waals surface area contributed by atoms with E-state index in [2.05, 4.69) is 42.3 Å². The van der Waals surface area contributed by atoms with Crippen LogP contribution in [0.1, 0.15) is 38.8 Å². The van der Waals surface area contributed by atoms with Gasteiger partial charge in [-0.2, -0.15) is 5.10 Å². The van der Waals surface area contributed by atoms with Gasteiger partial charge in [0.05, 0.1) is 6.20 Å². The molecule has 0 radical (unpaired) electrons. The zero-order chi connectivity index (χ0) is 12.3. The Morgan fingerprint density at radius 1 is 1.59 bits per heavy atom. The molecule has 1 fully saturated rings. The van der Waals surface area contributed by atoms with Crippen LogP contribution in [0.5, 0.6) is 0 Å². The van der Waals surface area contributed by atoms with Gasteiger partial charge < -0.3 is 5.32 Å². The van der Waals surface area contributed by atoms with Crippen molar-refractivity contribution in [2.24, 2.45) is 0 Å². The normalized spacial score (nSPS) is 22.2. The first-order valence-electron chi connectivity index (χ1n) is 6.75. The number of nitrogens with zero attached hydrogens (tertiary/aromatic N) is 3. The Morgan fingerprint density at radius 3 is 2.94 bits per heavy atom. The predicted octanol–water partition coefficient (Wildman–Crippen LogP) is 1.65. The van der Waals surface area contributed by atoms with Crippen molar-refractivity contribution in [3.8, 4) is 0 Å². The first-order chi connectivity index (χ1) is 8.26. The summed E-state index contributed by atoms with van der Waals surface area (Å²) in [6, 6.07) is 1.14. The van der Waals surface area contributed by atoms with Gasteiger partial charge in [-0.05, 0) is 33.4 Å². The van der Waals surface area contributed by atoms with Crippen LogP contribution in [-0.2, 0) is 6.54 Å². The highest BCUT2D eigenvalue weighted by Crippen LogP contribution is 2.24. The van der Waals surface area contributed by atoms with E-state index < -0.39 is 0 Å². The highest BCUT2D eigenvalue weighted by Gasteiger charge is 2.26. The summed E-state index contributed by atoms with van der Waals surface area (Å²) in [5.74, 6) is 0. The Bertz CT molecular complexity index is 341. The second kappa shape index (κ2) is 5.65. The lowest BCUT2D eigenvalue weighted by atomic mass is 10.1. The minimum absolute atomic E-state index is 0.463. The molecule has 1 saturated heterocycles. The Labute approximate surface area is 104 Å². The van der Waals surface area contributed by atoms with Crippen LogP contribution >= 0.6 is 0 Å². The second-order valence-electron chi connectivity index (χ2n) is 4.78. The summed E-state index contributed by atoms with van der Waals surface area (Å²) in [6.45, 7) is 11.0. The van der Waals surface area contributed by atoms with E-state index >= 15 is 0 Å². The molecule has 0 amide bonds. The second-order valence-corrected chi connectivity index (χ2v) is 4.78. The van der Waals surface area contributed by atoms with E-state index in [1.807, 2.05) is 10.9 Å². The maximum absolute atomic E-state index is 4.37. The molecule has 4 nitrogen and oxygen atoms in total. The number of rotatable bonds is 5. The van der Waals surface area contributed by atoms with Crippen LogP contribution < -0.4 is 5.32 Å². The Hall–Kier alpha value is -0.870. The predicted molar refractivity (Wildman–Crippen MR) is 70.0 cm³/mol. The molecule has 1 aliphatic heterocycles. The van der Waals surface area contributed by atoms with Gasteiger partial charge in [0.25, 0.3) is 0 Å². The van der Waals surface area contributed by atoms with Crippen LogP contribution in [0.4, 0.5) is 0 Å². The minimum Gasteiger partial charge on any atom is -0.315 e. The summed E-state index contributed by atoms with van der Waals surface area (Å²) in [6.07, 6.45) is 5.45. The lowest BCUT2D eigenvalue weighted by Crippen LogP contribution is -2.38.